The first-order valence-corrected chi connectivity index (χ1v) is 13.5. The van der Waals surface area contributed by atoms with Crippen LogP contribution in [0.4, 0.5) is 10.1 Å². The van der Waals surface area contributed by atoms with Gasteiger partial charge in [-0.25, -0.2) is 4.39 Å². The van der Waals surface area contributed by atoms with Crippen molar-refractivity contribution in [2.24, 2.45) is 11.8 Å². The Labute approximate surface area is 215 Å². The standard InChI is InChI=1S/C29H32FN3O4/c30-18-5-3-16(4-6-18)11-25(36)32-21-8-7-20-23-12-19-24(35)13-22(31-15-34)27-26(19)29(20,28(21)37-27)9-10-33(23)14-17-1-2-17/h3-6,13,15,17,20-21,23,28,35H,1-2,7-12,14H2,(H,31,34)(H,32,36)/t20-,21+,23+,28-,29-/m0/s1. The maximum Gasteiger partial charge on any atom is 0.224 e. The highest BCUT2D eigenvalue weighted by atomic mass is 19.1. The number of hydrogen-bond acceptors (Lipinski definition) is 5. The van der Waals surface area contributed by atoms with Crippen LogP contribution in [0.5, 0.6) is 11.5 Å². The highest BCUT2D eigenvalue weighted by Crippen LogP contribution is 2.65. The molecular weight excluding hydrogens is 473 g/mol. The summed E-state index contributed by atoms with van der Waals surface area (Å²) in [5.41, 5.74) is 2.93. The number of aromatic hydroxyl groups is 1. The predicted molar refractivity (Wildman–Crippen MR) is 135 cm³/mol. The van der Waals surface area contributed by atoms with Gasteiger partial charge in [0.1, 0.15) is 23.4 Å². The van der Waals surface area contributed by atoms with Crippen LogP contribution in [0.15, 0.2) is 30.3 Å². The van der Waals surface area contributed by atoms with E-state index in [4.69, 9.17) is 4.74 Å². The molecule has 2 aliphatic heterocycles. The third-order valence-corrected chi connectivity index (χ3v) is 9.59. The smallest absolute Gasteiger partial charge is 0.224 e. The summed E-state index contributed by atoms with van der Waals surface area (Å²) in [6.07, 6.45) is 6.60. The average Bonchev–Trinajstić information content (AvgIpc) is 3.63. The first kappa shape index (κ1) is 23.0. The van der Waals surface area contributed by atoms with Gasteiger partial charge in [0, 0.05) is 35.2 Å². The van der Waals surface area contributed by atoms with Crippen molar-refractivity contribution >= 4 is 18.0 Å². The Hall–Kier alpha value is -3.13. The number of carbonyl (C=O) groups excluding carboxylic acids is 2. The fraction of sp³-hybridized carbons (Fsp3) is 0.517. The summed E-state index contributed by atoms with van der Waals surface area (Å²) in [4.78, 5) is 27.1. The lowest BCUT2D eigenvalue weighted by molar-refractivity contribution is -0.124. The molecule has 2 bridgehead atoms. The number of hydrogen-bond donors (Lipinski definition) is 3. The van der Waals surface area contributed by atoms with Gasteiger partial charge in [-0.3, -0.25) is 14.5 Å². The maximum atomic E-state index is 13.3. The van der Waals surface area contributed by atoms with Crippen molar-refractivity contribution < 1.29 is 23.8 Å². The van der Waals surface area contributed by atoms with Crippen LogP contribution in [0.25, 0.3) is 0 Å². The molecule has 1 spiro atoms. The Morgan fingerprint density at radius 2 is 2.03 bits per heavy atom. The number of phenolic OH excluding ortho intramolecular Hbond substituents is 1. The molecule has 0 aromatic heterocycles. The summed E-state index contributed by atoms with van der Waals surface area (Å²) in [6, 6.07) is 7.78. The molecule has 1 saturated heterocycles. The number of anilines is 1. The Morgan fingerprint density at radius 1 is 1.22 bits per heavy atom. The van der Waals surface area contributed by atoms with Crippen LogP contribution in [0.3, 0.4) is 0 Å². The maximum absolute atomic E-state index is 13.3. The Balaban J connectivity index is 1.24. The summed E-state index contributed by atoms with van der Waals surface area (Å²) in [6.45, 7) is 2.09. The van der Waals surface area contributed by atoms with E-state index in [1.807, 2.05) is 0 Å². The van der Waals surface area contributed by atoms with Crippen LogP contribution in [0.2, 0.25) is 0 Å². The minimum Gasteiger partial charge on any atom is -0.508 e. The van der Waals surface area contributed by atoms with Gasteiger partial charge in [-0.2, -0.15) is 0 Å². The summed E-state index contributed by atoms with van der Waals surface area (Å²) >= 11 is 0. The number of ether oxygens (including phenoxy) is 1. The van der Waals surface area contributed by atoms with Crippen molar-refractivity contribution in [3.63, 3.8) is 0 Å². The second-order valence-corrected chi connectivity index (χ2v) is 11.6. The third-order valence-electron chi connectivity index (χ3n) is 9.59. The van der Waals surface area contributed by atoms with Crippen LogP contribution in [-0.4, -0.2) is 53.6 Å². The van der Waals surface area contributed by atoms with Crippen molar-refractivity contribution in [3.8, 4) is 11.5 Å². The average molecular weight is 506 g/mol. The molecule has 194 valence electrons. The number of phenols is 1. The summed E-state index contributed by atoms with van der Waals surface area (Å²) < 4.78 is 20.0. The van der Waals surface area contributed by atoms with Gasteiger partial charge in [0.2, 0.25) is 12.3 Å². The molecule has 3 fully saturated rings. The summed E-state index contributed by atoms with van der Waals surface area (Å²) in [7, 11) is 0. The first-order chi connectivity index (χ1) is 18.0. The number of halogens is 1. The van der Waals surface area contributed by atoms with Crippen molar-refractivity contribution in [1.29, 1.82) is 0 Å². The largest absolute Gasteiger partial charge is 0.508 e. The molecule has 2 aromatic carbocycles. The Morgan fingerprint density at radius 3 is 2.78 bits per heavy atom. The Bertz CT molecular complexity index is 1260. The molecule has 8 heteroatoms. The second-order valence-electron chi connectivity index (χ2n) is 11.6. The van der Waals surface area contributed by atoms with Crippen molar-refractivity contribution in [1.82, 2.24) is 10.2 Å². The van der Waals surface area contributed by atoms with Crippen LogP contribution >= 0.6 is 0 Å². The zero-order valence-electron chi connectivity index (χ0n) is 20.7. The number of piperidine rings is 1. The summed E-state index contributed by atoms with van der Waals surface area (Å²) in [5.74, 6) is 1.59. The number of carbonyl (C=O) groups is 2. The minimum absolute atomic E-state index is 0.112. The topological polar surface area (TPSA) is 90.9 Å². The lowest BCUT2D eigenvalue weighted by Crippen LogP contribution is -2.69. The number of nitrogens with zero attached hydrogens (tertiary/aromatic N) is 1. The van der Waals surface area contributed by atoms with E-state index in [9.17, 15) is 19.1 Å². The molecule has 0 unspecified atom stereocenters. The van der Waals surface area contributed by atoms with Crippen molar-refractivity contribution in [2.75, 3.05) is 18.4 Å². The van der Waals surface area contributed by atoms with Crippen molar-refractivity contribution in [2.45, 2.75) is 68.5 Å². The van der Waals surface area contributed by atoms with Crippen LogP contribution in [-0.2, 0) is 27.8 Å². The molecule has 0 radical (unpaired) electrons. The van der Waals surface area contributed by atoms with E-state index in [0.717, 1.165) is 61.4 Å². The fourth-order valence-electron chi connectivity index (χ4n) is 7.93. The molecule has 3 aliphatic carbocycles. The normalized spacial score (nSPS) is 31.3. The van der Waals surface area contributed by atoms with Gasteiger partial charge >= 0.3 is 0 Å². The van der Waals surface area contributed by atoms with Crippen molar-refractivity contribution in [3.05, 3.63) is 52.8 Å². The second kappa shape index (κ2) is 8.45. The Kier molecular flexibility index (Phi) is 5.26. The lowest BCUT2D eigenvalue weighted by atomic mass is 9.51. The molecule has 2 amide bonds. The molecule has 2 heterocycles. The molecular formula is C29H32FN3O4. The molecule has 2 aromatic rings. The third kappa shape index (κ3) is 3.55. The molecule has 2 saturated carbocycles. The zero-order valence-corrected chi connectivity index (χ0v) is 20.7. The molecule has 7 rings (SSSR count). The van der Waals surface area contributed by atoms with E-state index in [-0.39, 0.29) is 41.5 Å². The number of likely N-dealkylation sites (tertiary alicyclic amines) is 1. The van der Waals surface area contributed by atoms with Gasteiger partial charge in [0.25, 0.3) is 0 Å². The van der Waals surface area contributed by atoms with E-state index in [0.29, 0.717) is 29.8 Å². The quantitative estimate of drug-likeness (QED) is 0.503. The SMILES string of the molecule is O=CNc1cc(O)c2c3c1O[C@H]1[C@H](NC(=O)Cc4ccc(F)cc4)CC[C@H]4[C@@H](C2)N(CC2CC2)CC[C@@]341. The van der Waals surface area contributed by atoms with E-state index < -0.39 is 0 Å². The molecule has 3 N–H and O–H groups in total. The van der Waals surface area contributed by atoms with Gasteiger partial charge in [0.05, 0.1) is 18.2 Å². The van der Waals surface area contributed by atoms with Gasteiger partial charge in [-0.15, -0.1) is 0 Å². The number of amides is 2. The van der Waals surface area contributed by atoms with Crippen LogP contribution in [0.1, 0.15) is 48.8 Å². The van der Waals surface area contributed by atoms with Gasteiger partial charge in [0.15, 0.2) is 0 Å². The van der Waals surface area contributed by atoms with Crippen LogP contribution in [0, 0.1) is 17.7 Å². The van der Waals surface area contributed by atoms with E-state index >= 15 is 0 Å². The van der Waals surface area contributed by atoms with E-state index in [2.05, 4.69) is 15.5 Å². The highest BCUT2D eigenvalue weighted by molar-refractivity contribution is 5.82. The minimum atomic E-state index is -0.322. The van der Waals surface area contributed by atoms with Gasteiger partial charge in [-0.1, -0.05) is 12.1 Å². The number of nitrogens with one attached hydrogen (secondary N) is 2. The molecule has 37 heavy (non-hydrogen) atoms. The zero-order chi connectivity index (χ0) is 25.3. The first-order valence-electron chi connectivity index (χ1n) is 13.5. The van der Waals surface area contributed by atoms with Gasteiger partial charge < -0.3 is 20.5 Å². The summed E-state index contributed by atoms with van der Waals surface area (Å²) in [5, 5.41) is 17.1. The highest BCUT2D eigenvalue weighted by Gasteiger charge is 2.66. The monoisotopic (exact) mass is 505 g/mol. The lowest BCUT2D eigenvalue weighted by Gasteiger charge is -2.59. The van der Waals surface area contributed by atoms with Gasteiger partial charge in [-0.05, 0) is 74.6 Å². The van der Waals surface area contributed by atoms with E-state index in [1.54, 1.807) is 18.2 Å². The fourth-order valence-corrected chi connectivity index (χ4v) is 7.93. The van der Waals surface area contributed by atoms with Crippen LogP contribution < -0.4 is 15.4 Å². The number of rotatable bonds is 7. The van der Waals surface area contributed by atoms with E-state index in [1.165, 1.54) is 25.0 Å². The molecule has 5 aliphatic rings. The predicted octanol–water partition coefficient (Wildman–Crippen LogP) is 3.28. The number of benzene rings is 2. The molecule has 7 nitrogen and oxygen atoms in total. The molecule has 5 atom stereocenters.